The van der Waals surface area contributed by atoms with Crippen molar-refractivity contribution in [3.05, 3.63) is 35.5 Å². The highest BCUT2D eigenvalue weighted by Crippen LogP contribution is 2.19. The van der Waals surface area contributed by atoms with Gasteiger partial charge in [0.2, 0.25) is 0 Å². The van der Waals surface area contributed by atoms with Gasteiger partial charge in [0.05, 0.1) is 18.0 Å². The van der Waals surface area contributed by atoms with Gasteiger partial charge in [0.1, 0.15) is 0 Å². The number of nitrogens with zero attached hydrogens (tertiary/aromatic N) is 3. The van der Waals surface area contributed by atoms with Gasteiger partial charge in [-0.2, -0.15) is 0 Å². The zero-order chi connectivity index (χ0) is 12.3. The Hall–Kier alpha value is -1.88. The van der Waals surface area contributed by atoms with Crippen LogP contribution in [0.2, 0.25) is 0 Å². The molecule has 0 aliphatic carbocycles. The largest absolute Gasteiger partial charge is 0.381 e. The van der Waals surface area contributed by atoms with Gasteiger partial charge in [-0.25, -0.2) is 4.68 Å². The molecule has 17 heavy (non-hydrogen) atoms. The number of aromatic nitrogens is 3. The molecule has 0 aliphatic heterocycles. The number of nitrogen functional groups attached to an aromatic ring is 1. The Bertz CT molecular complexity index is 507. The number of rotatable bonds is 4. The third kappa shape index (κ3) is 2.14. The number of benzene rings is 1. The van der Waals surface area contributed by atoms with E-state index in [1.165, 1.54) is 0 Å². The maximum atomic E-state index is 5.79. The standard InChI is InChI=1S/C12H16N4O/c1-3-10-12(13)14-15-16(10)11-7-5-4-6-9(11)8-17-2/h4-7H,3,8,13H2,1-2H3. The maximum absolute atomic E-state index is 5.79. The second kappa shape index (κ2) is 4.97. The molecule has 2 N–H and O–H groups in total. The van der Waals surface area contributed by atoms with E-state index in [-0.39, 0.29) is 0 Å². The minimum absolute atomic E-state index is 0.486. The monoisotopic (exact) mass is 232 g/mol. The molecule has 0 saturated carbocycles. The Kier molecular flexibility index (Phi) is 3.39. The lowest BCUT2D eigenvalue weighted by molar-refractivity contribution is 0.184. The number of methoxy groups -OCH3 is 1. The average Bonchev–Trinajstić information content (AvgIpc) is 2.71. The van der Waals surface area contributed by atoms with E-state index in [0.29, 0.717) is 12.4 Å². The Balaban J connectivity index is 2.52. The van der Waals surface area contributed by atoms with E-state index >= 15 is 0 Å². The summed E-state index contributed by atoms with van der Waals surface area (Å²) in [6.45, 7) is 2.57. The van der Waals surface area contributed by atoms with Gasteiger partial charge >= 0.3 is 0 Å². The second-order valence-corrected chi connectivity index (χ2v) is 3.75. The van der Waals surface area contributed by atoms with Crippen molar-refractivity contribution in [1.82, 2.24) is 15.0 Å². The van der Waals surface area contributed by atoms with Gasteiger partial charge in [-0.1, -0.05) is 30.3 Å². The van der Waals surface area contributed by atoms with Gasteiger partial charge < -0.3 is 10.5 Å². The van der Waals surface area contributed by atoms with Gasteiger partial charge in [0.15, 0.2) is 5.82 Å². The van der Waals surface area contributed by atoms with E-state index in [1.807, 2.05) is 31.2 Å². The fraction of sp³-hybridized carbons (Fsp3) is 0.333. The van der Waals surface area contributed by atoms with Crippen LogP contribution >= 0.6 is 0 Å². The minimum Gasteiger partial charge on any atom is -0.381 e. The van der Waals surface area contributed by atoms with Crippen LogP contribution in [0.5, 0.6) is 0 Å². The number of nitrogens with two attached hydrogens (primary N) is 1. The minimum atomic E-state index is 0.486. The molecule has 0 saturated heterocycles. The molecule has 90 valence electrons. The highest BCUT2D eigenvalue weighted by Gasteiger charge is 2.12. The topological polar surface area (TPSA) is 66.0 Å². The first kappa shape index (κ1) is 11.6. The highest BCUT2D eigenvalue weighted by atomic mass is 16.5. The molecule has 2 rings (SSSR count). The lowest BCUT2D eigenvalue weighted by Crippen LogP contribution is -2.06. The molecule has 0 radical (unpaired) electrons. The van der Waals surface area contributed by atoms with Crippen molar-refractivity contribution in [3.63, 3.8) is 0 Å². The molecule has 5 heteroatoms. The van der Waals surface area contributed by atoms with Crippen molar-refractivity contribution in [1.29, 1.82) is 0 Å². The predicted octanol–water partition coefficient (Wildman–Crippen LogP) is 1.56. The van der Waals surface area contributed by atoms with Crippen LogP contribution in [-0.4, -0.2) is 22.1 Å². The zero-order valence-corrected chi connectivity index (χ0v) is 10.1. The summed E-state index contributed by atoms with van der Waals surface area (Å²) in [7, 11) is 1.67. The third-order valence-corrected chi connectivity index (χ3v) is 2.65. The summed E-state index contributed by atoms with van der Waals surface area (Å²) in [6, 6.07) is 7.94. The maximum Gasteiger partial charge on any atom is 0.169 e. The van der Waals surface area contributed by atoms with Crippen molar-refractivity contribution in [2.45, 2.75) is 20.0 Å². The van der Waals surface area contributed by atoms with Crippen LogP contribution in [0.15, 0.2) is 24.3 Å². The Morgan fingerprint density at radius 2 is 2.12 bits per heavy atom. The Morgan fingerprint density at radius 1 is 1.35 bits per heavy atom. The Labute approximate surface area is 100 Å². The van der Waals surface area contributed by atoms with Gasteiger partial charge in [-0.15, -0.1) is 5.10 Å². The molecule has 2 aromatic rings. The van der Waals surface area contributed by atoms with Gasteiger partial charge in [-0.05, 0) is 12.5 Å². The number of ether oxygens (including phenoxy) is 1. The van der Waals surface area contributed by atoms with E-state index in [0.717, 1.165) is 23.4 Å². The summed E-state index contributed by atoms with van der Waals surface area (Å²) in [5.41, 5.74) is 8.74. The first-order valence-corrected chi connectivity index (χ1v) is 5.55. The molecule has 1 heterocycles. The molecule has 0 fully saturated rings. The number of anilines is 1. The summed E-state index contributed by atoms with van der Waals surface area (Å²) in [5, 5.41) is 8.00. The predicted molar refractivity (Wildman–Crippen MR) is 65.9 cm³/mol. The zero-order valence-electron chi connectivity index (χ0n) is 10.1. The van der Waals surface area contributed by atoms with Crippen LogP contribution in [0.4, 0.5) is 5.82 Å². The first-order chi connectivity index (χ1) is 8.27. The van der Waals surface area contributed by atoms with Crippen LogP contribution in [0.25, 0.3) is 5.69 Å². The smallest absolute Gasteiger partial charge is 0.169 e. The van der Waals surface area contributed by atoms with E-state index in [2.05, 4.69) is 10.3 Å². The molecule has 0 unspecified atom stereocenters. The molecule has 0 atom stereocenters. The summed E-state index contributed by atoms with van der Waals surface area (Å²) in [6.07, 6.45) is 0.792. The lowest BCUT2D eigenvalue weighted by atomic mass is 10.2. The first-order valence-electron chi connectivity index (χ1n) is 5.55. The van der Waals surface area contributed by atoms with Crippen molar-refractivity contribution in [2.24, 2.45) is 0 Å². The fourth-order valence-corrected chi connectivity index (χ4v) is 1.83. The van der Waals surface area contributed by atoms with E-state index < -0.39 is 0 Å². The molecule has 0 aliphatic rings. The van der Waals surface area contributed by atoms with Crippen LogP contribution < -0.4 is 5.73 Å². The normalized spacial score (nSPS) is 10.7. The SMILES string of the molecule is CCc1c(N)nnn1-c1ccccc1COC. The molecule has 0 bridgehead atoms. The van der Waals surface area contributed by atoms with Crippen molar-refractivity contribution in [3.8, 4) is 5.69 Å². The third-order valence-electron chi connectivity index (χ3n) is 2.65. The van der Waals surface area contributed by atoms with Gasteiger partial charge in [0.25, 0.3) is 0 Å². The van der Waals surface area contributed by atoms with Crippen molar-refractivity contribution >= 4 is 5.82 Å². The van der Waals surface area contributed by atoms with Crippen LogP contribution in [0.1, 0.15) is 18.2 Å². The van der Waals surface area contributed by atoms with E-state index in [4.69, 9.17) is 10.5 Å². The van der Waals surface area contributed by atoms with E-state index in [9.17, 15) is 0 Å². The molecule has 0 amide bonds. The average molecular weight is 232 g/mol. The Morgan fingerprint density at radius 3 is 2.82 bits per heavy atom. The molecule has 1 aromatic carbocycles. The summed E-state index contributed by atoms with van der Waals surface area (Å²) in [5.74, 6) is 0.486. The molecule has 1 aromatic heterocycles. The summed E-state index contributed by atoms with van der Waals surface area (Å²) in [4.78, 5) is 0. The number of hydrogen-bond donors (Lipinski definition) is 1. The van der Waals surface area contributed by atoms with Crippen LogP contribution in [0, 0.1) is 0 Å². The molecule has 0 spiro atoms. The quantitative estimate of drug-likeness (QED) is 0.868. The number of para-hydroxylation sites is 1. The summed E-state index contributed by atoms with van der Waals surface area (Å²) < 4.78 is 6.96. The van der Waals surface area contributed by atoms with Crippen LogP contribution in [-0.2, 0) is 17.8 Å². The van der Waals surface area contributed by atoms with Gasteiger partial charge in [-0.3, -0.25) is 0 Å². The number of hydrogen-bond acceptors (Lipinski definition) is 4. The lowest BCUT2D eigenvalue weighted by Gasteiger charge is -2.10. The highest BCUT2D eigenvalue weighted by molar-refractivity contribution is 5.45. The van der Waals surface area contributed by atoms with Crippen molar-refractivity contribution in [2.75, 3.05) is 12.8 Å². The molecule has 5 nitrogen and oxygen atoms in total. The fourth-order valence-electron chi connectivity index (χ4n) is 1.83. The summed E-state index contributed by atoms with van der Waals surface area (Å²) >= 11 is 0. The molecular weight excluding hydrogens is 216 g/mol. The van der Waals surface area contributed by atoms with Gasteiger partial charge in [0, 0.05) is 12.7 Å². The van der Waals surface area contributed by atoms with E-state index in [1.54, 1.807) is 11.8 Å². The van der Waals surface area contributed by atoms with Crippen molar-refractivity contribution < 1.29 is 4.74 Å². The molecular formula is C12H16N4O. The van der Waals surface area contributed by atoms with Crippen LogP contribution in [0.3, 0.4) is 0 Å². The second-order valence-electron chi connectivity index (χ2n) is 3.75.